The van der Waals surface area contributed by atoms with Gasteiger partial charge in [-0.2, -0.15) is 0 Å². The van der Waals surface area contributed by atoms with Crippen molar-refractivity contribution in [2.45, 2.75) is 21.3 Å². The van der Waals surface area contributed by atoms with Crippen molar-refractivity contribution in [3.8, 4) is 0 Å². The fraction of sp³-hybridized carbons (Fsp3) is 0.125. The number of hydrogen-bond donors (Lipinski definition) is 0. The lowest BCUT2D eigenvalue weighted by Gasteiger charge is -2.19. The smallest absolute Gasteiger partial charge is 0.214 e. The average Bonchev–Trinajstić information content (AvgIpc) is 3.57. The van der Waals surface area contributed by atoms with Crippen LogP contribution in [0.4, 0.5) is 0 Å². The highest BCUT2D eigenvalue weighted by molar-refractivity contribution is 7.91. The van der Waals surface area contributed by atoms with E-state index >= 15 is 0 Å². The number of aromatic nitrogens is 4. The number of sulfone groups is 2. The molecule has 3 aromatic heterocycles. The average molecular weight is 625 g/mol. The van der Waals surface area contributed by atoms with Gasteiger partial charge in [-0.3, -0.25) is 9.59 Å². The number of benzene rings is 3. The first-order chi connectivity index (χ1) is 20.9. The fourth-order valence-electron chi connectivity index (χ4n) is 5.62. The zero-order chi connectivity index (χ0) is 31.0. The van der Waals surface area contributed by atoms with Crippen LogP contribution in [0.3, 0.4) is 0 Å². The summed E-state index contributed by atoms with van der Waals surface area (Å²) in [5.74, 6) is -2.62. The molecule has 0 unspecified atom stereocenters. The molecule has 3 heterocycles. The molecule has 10 nitrogen and oxygen atoms in total. The molecule has 44 heavy (non-hydrogen) atoms. The second-order valence-corrected chi connectivity index (χ2v) is 14.8. The summed E-state index contributed by atoms with van der Waals surface area (Å²) in [5.41, 5.74) is 0.903. The monoisotopic (exact) mass is 624 g/mol. The molecule has 0 radical (unpaired) electrons. The Balaban J connectivity index is 1.36. The summed E-state index contributed by atoms with van der Waals surface area (Å²) in [6.07, 6.45) is 3.62. The first-order valence-electron chi connectivity index (χ1n) is 13.6. The van der Waals surface area contributed by atoms with Crippen molar-refractivity contribution in [3.63, 3.8) is 0 Å². The molecule has 0 fully saturated rings. The Morgan fingerprint density at radius 3 is 1.41 bits per heavy atom. The maximum absolute atomic E-state index is 13.7. The number of carbonyl (C=O) groups excluding carboxylic acids is 2. The molecule has 220 valence electrons. The molecule has 7 rings (SSSR count). The van der Waals surface area contributed by atoms with Gasteiger partial charge in [-0.15, -0.1) is 0 Å². The lowest BCUT2D eigenvalue weighted by atomic mass is 9.89. The number of carbonyl (C=O) groups is 2. The standard InChI is InChI=1S/C32H24N4O6S2/c1-35-13-11-19-15-21(7-9-27(19)35)43(39,40)17-25-26(18-44(41,42)22-8-10-28-20(16-22)12-14-36(28)2)34-30-29(33-25)31(37)23-5-3-4-6-24(23)32(30)38/h3-16H,17-18H2,1-2H3. The first-order valence-corrected chi connectivity index (χ1v) is 16.9. The van der Waals surface area contributed by atoms with Crippen LogP contribution in [-0.2, 0) is 45.3 Å². The van der Waals surface area contributed by atoms with Crippen LogP contribution < -0.4 is 0 Å². The number of fused-ring (bicyclic) bond motifs is 4. The van der Waals surface area contributed by atoms with E-state index in [0.717, 1.165) is 11.0 Å². The van der Waals surface area contributed by atoms with Gasteiger partial charge in [0, 0.05) is 59.4 Å². The summed E-state index contributed by atoms with van der Waals surface area (Å²) in [5, 5.41) is 1.42. The van der Waals surface area contributed by atoms with Crippen LogP contribution in [0.25, 0.3) is 21.8 Å². The molecule has 0 saturated heterocycles. The molecular formula is C32H24N4O6S2. The van der Waals surface area contributed by atoms with E-state index < -0.39 is 42.7 Å². The maximum Gasteiger partial charge on any atom is 0.214 e. The molecule has 0 amide bonds. The summed E-state index contributed by atoms with van der Waals surface area (Å²) in [4.78, 5) is 35.6. The molecule has 0 saturated carbocycles. The van der Waals surface area contributed by atoms with Gasteiger partial charge in [0.2, 0.25) is 11.6 Å². The Morgan fingerprint density at radius 1 is 0.591 bits per heavy atom. The van der Waals surface area contributed by atoms with Crippen LogP contribution in [0.2, 0.25) is 0 Å². The Kier molecular flexibility index (Phi) is 6.20. The van der Waals surface area contributed by atoms with E-state index in [-0.39, 0.29) is 43.7 Å². The minimum atomic E-state index is -4.09. The molecule has 12 heteroatoms. The van der Waals surface area contributed by atoms with Crippen molar-refractivity contribution in [2.24, 2.45) is 14.1 Å². The van der Waals surface area contributed by atoms with Gasteiger partial charge >= 0.3 is 0 Å². The van der Waals surface area contributed by atoms with Crippen LogP contribution >= 0.6 is 0 Å². The molecule has 0 N–H and O–H groups in total. The highest BCUT2D eigenvalue weighted by Crippen LogP contribution is 2.30. The molecule has 0 bridgehead atoms. The van der Waals surface area contributed by atoms with Crippen LogP contribution in [0.5, 0.6) is 0 Å². The molecule has 1 aliphatic rings. The van der Waals surface area contributed by atoms with Crippen LogP contribution in [-0.4, -0.2) is 47.5 Å². The van der Waals surface area contributed by atoms with Crippen LogP contribution in [0.1, 0.15) is 43.5 Å². The number of aryl methyl sites for hydroxylation is 2. The van der Waals surface area contributed by atoms with E-state index in [1.54, 1.807) is 36.4 Å². The predicted molar refractivity (Wildman–Crippen MR) is 163 cm³/mol. The van der Waals surface area contributed by atoms with Gasteiger partial charge in [0.25, 0.3) is 0 Å². The third-order valence-electron chi connectivity index (χ3n) is 7.98. The second kappa shape index (κ2) is 9.79. The highest BCUT2D eigenvalue weighted by Gasteiger charge is 2.35. The van der Waals surface area contributed by atoms with Crippen molar-refractivity contribution < 1.29 is 26.4 Å². The fourth-order valence-corrected chi connectivity index (χ4v) is 8.30. The molecule has 3 aromatic carbocycles. The summed E-state index contributed by atoms with van der Waals surface area (Å²) >= 11 is 0. The van der Waals surface area contributed by atoms with Gasteiger partial charge in [0.15, 0.2) is 19.7 Å². The molecule has 0 spiro atoms. The van der Waals surface area contributed by atoms with Crippen molar-refractivity contribution in [1.29, 1.82) is 0 Å². The van der Waals surface area contributed by atoms with Crippen molar-refractivity contribution in [3.05, 3.63) is 119 Å². The van der Waals surface area contributed by atoms with Gasteiger partial charge < -0.3 is 9.13 Å². The summed E-state index contributed by atoms with van der Waals surface area (Å²) in [6, 6.07) is 19.2. The largest absolute Gasteiger partial charge is 0.351 e. The zero-order valence-electron chi connectivity index (χ0n) is 23.6. The quantitative estimate of drug-likeness (QED) is 0.269. The van der Waals surface area contributed by atoms with E-state index in [0.29, 0.717) is 10.8 Å². The third-order valence-corrected chi connectivity index (χ3v) is 11.2. The van der Waals surface area contributed by atoms with Crippen molar-refractivity contribution >= 4 is 53.0 Å². The Bertz CT molecular complexity index is 2270. The minimum absolute atomic E-state index is 0.00630. The molecule has 1 aliphatic carbocycles. The Hall–Kier alpha value is -4.94. The van der Waals surface area contributed by atoms with E-state index in [1.165, 1.54) is 36.4 Å². The number of ketones is 2. The lowest BCUT2D eigenvalue weighted by molar-refractivity contribution is 0.0971. The van der Waals surface area contributed by atoms with Gasteiger partial charge in [-0.05, 0) is 48.5 Å². The summed E-state index contributed by atoms with van der Waals surface area (Å²) in [7, 11) is -4.49. The highest BCUT2D eigenvalue weighted by atomic mass is 32.2. The molecular weight excluding hydrogens is 601 g/mol. The van der Waals surface area contributed by atoms with Gasteiger partial charge in [0.05, 0.1) is 32.7 Å². The van der Waals surface area contributed by atoms with E-state index in [4.69, 9.17) is 0 Å². The minimum Gasteiger partial charge on any atom is -0.351 e. The van der Waals surface area contributed by atoms with Gasteiger partial charge in [-0.25, -0.2) is 26.8 Å². The summed E-state index contributed by atoms with van der Waals surface area (Å²) < 4.78 is 58.6. The first kappa shape index (κ1) is 27.9. The maximum atomic E-state index is 13.7. The van der Waals surface area contributed by atoms with E-state index in [1.807, 2.05) is 35.6 Å². The second-order valence-electron chi connectivity index (χ2n) is 10.8. The normalized spacial score (nSPS) is 13.4. The molecule has 6 aromatic rings. The topological polar surface area (TPSA) is 138 Å². The van der Waals surface area contributed by atoms with Crippen LogP contribution in [0, 0.1) is 0 Å². The summed E-state index contributed by atoms with van der Waals surface area (Å²) in [6.45, 7) is 0. The lowest BCUT2D eigenvalue weighted by Crippen LogP contribution is -2.27. The predicted octanol–water partition coefficient (Wildman–Crippen LogP) is 4.18. The zero-order valence-corrected chi connectivity index (χ0v) is 25.2. The SMILES string of the molecule is Cn1ccc2cc(S(=O)(=O)Cc3nc4c(nc3CS(=O)(=O)c3ccc5c(ccn5C)c3)C(=O)c3ccccc3C4=O)ccc21. The molecule has 0 atom stereocenters. The van der Waals surface area contributed by atoms with E-state index in [2.05, 4.69) is 9.97 Å². The van der Waals surface area contributed by atoms with Gasteiger partial charge in [0.1, 0.15) is 11.4 Å². The number of nitrogens with zero attached hydrogens (tertiary/aromatic N) is 4. The number of hydrogen-bond acceptors (Lipinski definition) is 8. The van der Waals surface area contributed by atoms with Crippen LogP contribution in [0.15, 0.2) is 95.0 Å². The van der Waals surface area contributed by atoms with Gasteiger partial charge in [-0.1, -0.05) is 24.3 Å². The van der Waals surface area contributed by atoms with Crippen molar-refractivity contribution in [1.82, 2.24) is 19.1 Å². The molecule has 0 aliphatic heterocycles. The van der Waals surface area contributed by atoms with Crippen molar-refractivity contribution in [2.75, 3.05) is 0 Å². The third kappa shape index (κ3) is 4.45. The Labute approximate surface area is 252 Å². The number of rotatable bonds is 6. The van der Waals surface area contributed by atoms with E-state index in [9.17, 15) is 26.4 Å². The Morgan fingerprint density at radius 2 is 1.00 bits per heavy atom.